The molecular formula is C12H11ClN4O4. The van der Waals surface area contributed by atoms with Crippen LogP contribution in [0.3, 0.4) is 0 Å². The Bertz CT molecular complexity index is 686. The zero-order chi connectivity index (χ0) is 15.4. The predicted molar refractivity (Wildman–Crippen MR) is 75.2 cm³/mol. The van der Waals surface area contributed by atoms with Gasteiger partial charge in [0.05, 0.1) is 10.6 Å². The van der Waals surface area contributed by atoms with E-state index in [2.05, 4.69) is 10.4 Å². The molecule has 1 aromatic carbocycles. The Hall–Kier alpha value is -2.61. The number of phenolic OH excluding ortho intramolecular Hbond substituents is 1. The highest BCUT2D eigenvalue weighted by Crippen LogP contribution is 2.26. The maximum absolute atomic E-state index is 11.7. The molecule has 0 aliphatic heterocycles. The van der Waals surface area contributed by atoms with E-state index >= 15 is 0 Å². The maximum Gasteiger partial charge on any atom is 0.306 e. The molecule has 0 saturated carbocycles. The molecular weight excluding hydrogens is 300 g/mol. The smallest absolute Gasteiger partial charge is 0.306 e. The Morgan fingerprint density at radius 1 is 1.52 bits per heavy atom. The molecule has 1 heterocycles. The van der Waals surface area contributed by atoms with Crippen LogP contribution in [0.5, 0.6) is 5.75 Å². The van der Waals surface area contributed by atoms with Gasteiger partial charge in [-0.05, 0) is 18.2 Å². The van der Waals surface area contributed by atoms with Gasteiger partial charge in [0.25, 0.3) is 0 Å². The number of aromatic hydroxyl groups is 1. The van der Waals surface area contributed by atoms with Gasteiger partial charge in [-0.2, -0.15) is 5.10 Å². The van der Waals surface area contributed by atoms with Crippen molar-refractivity contribution in [3.8, 4) is 5.75 Å². The van der Waals surface area contributed by atoms with Gasteiger partial charge in [0.15, 0.2) is 0 Å². The summed E-state index contributed by atoms with van der Waals surface area (Å²) >= 11 is 5.77. The highest BCUT2D eigenvalue weighted by molar-refractivity contribution is 6.31. The molecule has 21 heavy (non-hydrogen) atoms. The van der Waals surface area contributed by atoms with Crippen molar-refractivity contribution in [2.24, 2.45) is 0 Å². The minimum atomic E-state index is -0.562. The number of nitro groups is 1. The van der Waals surface area contributed by atoms with Crippen molar-refractivity contribution in [2.45, 2.75) is 13.0 Å². The van der Waals surface area contributed by atoms with Crippen molar-refractivity contribution >= 4 is 28.9 Å². The van der Waals surface area contributed by atoms with E-state index in [0.717, 1.165) is 6.20 Å². The Kier molecular flexibility index (Phi) is 4.39. The van der Waals surface area contributed by atoms with Crippen LogP contribution < -0.4 is 5.32 Å². The number of hydrogen-bond acceptors (Lipinski definition) is 5. The number of anilines is 1. The van der Waals surface area contributed by atoms with Crippen molar-refractivity contribution < 1.29 is 14.8 Å². The molecule has 2 N–H and O–H groups in total. The molecule has 0 radical (unpaired) electrons. The fourth-order valence-corrected chi connectivity index (χ4v) is 1.78. The third kappa shape index (κ3) is 3.93. The van der Waals surface area contributed by atoms with Gasteiger partial charge in [-0.3, -0.25) is 19.6 Å². The number of benzene rings is 1. The fraction of sp³-hybridized carbons (Fsp3) is 0.167. The fourth-order valence-electron chi connectivity index (χ4n) is 1.61. The second-order valence-corrected chi connectivity index (χ2v) is 4.61. The Labute approximate surface area is 124 Å². The number of hydrogen-bond donors (Lipinski definition) is 2. The van der Waals surface area contributed by atoms with E-state index in [4.69, 9.17) is 11.6 Å². The lowest BCUT2D eigenvalue weighted by atomic mass is 10.3. The molecule has 0 saturated heterocycles. The number of carbonyl (C=O) groups is 1. The lowest BCUT2D eigenvalue weighted by Gasteiger charge is -2.07. The number of carbonyl (C=O) groups excluding carboxylic acids is 1. The van der Waals surface area contributed by atoms with E-state index in [9.17, 15) is 20.0 Å². The molecule has 2 aromatic rings. The Morgan fingerprint density at radius 2 is 2.29 bits per heavy atom. The summed E-state index contributed by atoms with van der Waals surface area (Å²) < 4.78 is 1.30. The number of aryl methyl sites for hydroxylation is 1. The highest BCUT2D eigenvalue weighted by atomic mass is 35.5. The van der Waals surface area contributed by atoms with Crippen molar-refractivity contribution in [3.05, 3.63) is 45.7 Å². The predicted octanol–water partition coefficient (Wildman–Crippen LogP) is 2.18. The minimum absolute atomic E-state index is 0.0464. The Morgan fingerprint density at radius 3 is 2.95 bits per heavy atom. The highest BCUT2D eigenvalue weighted by Gasteiger charge is 2.11. The summed E-state index contributed by atoms with van der Waals surface area (Å²) in [5.74, 6) is -0.465. The third-order valence-corrected chi connectivity index (χ3v) is 2.87. The SMILES string of the molecule is O=C(CCn1cc([N+](=O)[O-])cn1)Nc1cc(Cl)ccc1O. The summed E-state index contributed by atoms with van der Waals surface area (Å²) in [5.41, 5.74) is 0.0711. The van der Waals surface area contributed by atoms with E-state index in [1.54, 1.807) is 0 Å². The zero-order valence-electron chi connectivity index (χ0n) is 10.7. The number of halogens is 1. The van der Waals surface area contributed by atoms with Crippen molar-refractivity contribution in [1.82, 2.24) is 9.78 Å². The molecule has 0 aliphatic rings. The van der Waals surface area contributed by atoms with Crippen LogP contribution in [0.25, 0.3) is 0 Å². The molecule has 1 amide bonds. The van der Waals surface area contributed by atoms with Gasteiger partial charge in [-0.1, -0.05) is 11.6 Å². The summed E-state index contributed by atoms with van der Waals surface area (Å²) in [4.78, 5) is 21.7. The van der Waals surface area contributed by atoms with Crippen LogP contribution in [0.2, 0.25) is 5.02 Å². The average molecular weight is 311 g/mol. The van der Waals surface area contributed by atoms with Crippen LogP contribution in [-0.4, -0.2) is 25.7 Å². The van der Waals surface area contributed by atoms with Crippen LogP contribution in [0, 0.1) is 10.1 Å². The van der Waals surface area contributed by atoms with Gasteiger partial charge in [0.2, 0.25) is 5.91 Å². The van der Waals surface area contributed by atoms with Crippen LogP contribution in [0.15, 0.2) is 30.6 Å². The zero-order valence-corrected chi connectivity index (χ0v) is 11.4. The van der Waals surface area contributed by atoms with Crippen LogP contribution in [0.4, 0.5) is 11.4 Å². The summed E-state index contributed by atoms with van der Waals surface area (Å²) in [6.45, 7) is 0.182. The van der Waals surface area contributed by atoms with Crippen molar-refractivity contribution in [2.75, 3.05) is 5.32 Å². The van der Waals surface area contributed by atoms with Gasteiger partial charge in [0, 0.05) is 18.0 Å². The second kappa shape index (κ2) is 6.23. The first-order valence-corrected chi connectivity index (χ1v) is 6.28. The monoisotopic (exact) mass is 310 g/mol. The normalized spacial score (nSPS) is 10.3. The van der Waals surface area contributed by atoms with Crippen molar-refractivity contribution in [1.29, 1.82) is 0 Å². The third-order valence-electron chi connectivity index (χ3n) is 2.63. The number of amides is 1. The molecule has 2 rings (SSSR count). The lowest BCUT2D eigenvalue weighted by Crippen LogP contribution is -2.14. The van der Waals surface area contributed by atoms with E-state index in [1.165, 1.54) is 29.1 Å². The topological polar surface area (TPSA) is 110 Å². The van der Waals surface area contributed by atoms with Gasteiger partial charge in [-0.15, -0.1) is 0 Å². The van der Waals surface area contributed by atoms with Gasteiger partial charge in [0.1, 0.15) is 18.1 Å². The van der Waals surface area contributed by atoms with Gasteiger partial charge < -0.3 is 10.4 Å². The van der Waals surface area contributed by atoms with Crippen LogP contribution in [-0.2, 0) is 11.3 Å². The number of nitrogens with zero attached hydrogens (tertiary/aromatic N) is 3. The van der Waals surface area contributed by atoms with E-state index in [-0.39, 0.29) is 36.0 Å². The largest absolute Gasteiger partial charge is 0.506 e. The molecule has 0 aliphatic carbocycles. The number of phenols is 1. The Balaban J connectivity index is 1.92. The molecule has 1 aromatic heterocycles. The van der Waals surface area contributed by atoms with Gasteiger partial charge >= 0.3 is 5.69 Å². The molecule has 0 fully saturated rings. The van der Waals surface area contributed by atoms with E-state index < -0.39 is 4.92 Å². The van der Waals surface area contributed by atoms with Crippen LogP contribution >= 0.6 is 11.6 Å². The summed E-state index contributed by atoms with van der Waals surface area (Å²) in [6, 6.07) is 4.29. The number of rotatable bonds is 5. The summed E-state index contributed by atoms with van der Waals surface area (Å²) in [7, 11) is 0. The molecule has 9 heteroatoms. The molecule has 110 valence electrons. The second-order valence-electron chi connectivity index (χ2n) is 4.18. The number of nitrogens with one attached hydrogen (secondary N) is 1. The summed E-state index contributed by atoms with van der Waals surface area (Å²) in [5, 5.41) is 26.7. The molecule has 0 atom stereocenters. The maximum atomic E-state index is 11.7. The first-order chi connectivity index (χ1) is 9.95. The van der Waals surface area contributed by atoms with E-state index in [1.807, 2.05) is 0 Å². The first kappa shape index (κ1) is 14.8. The van der Waals surface area contributed by atoms with E-state index in [0.29, 0.717) is 5.02 Å². The summed E-state index contributed by atoms with van der Waals surface area (Å²) in [6.07, 6.45) is 2.40. The van der Waals surface area contributed by atoms with Crippen LogP contribution in [0.1, 0.15) is 6.42 Å². The molecule has 0 bridgehead atoms. The average Bonchev–Trinajstić information content (AvgIpc) is 2.90. The van der Waals surface area contributed by atoms with Crippen molar-refractivity contribution in [3.63, 3.8) is 0 Å². The lowest BCUT2D eigenvalue weighted by molar-refractivity contribution is -0.385. The van der Waals surface area contributed by atoms with Gasteiger partial charge in [-0.25, -0.2) is 0 Å². The standard InChI is InChI=1S/C12H11ClN4O4/c13-8-1-2-11(18)10(5-8)15-12(19)3-4-16-7-9(6-14-16)17(20)21/h1-2,5-7,18H,3-4H2,(H,15,19). The molecule has 8 nitrogen and oxygen atoms in total. The minimum Gasteiger partial charge on any atom is -0.506 e. The first-order valence-electron chi connectivity index (χ1n) is 5.91. The number of aromatic nitrogens is 2. The molecule has 0 spiro atoms. The quantitative estimate of drug-likeness (QED) is 0.499. The molecule has 0 unspecified atom stereocenters.